The Bertz CT molecular complexity index is 1090. The van der Waals surface area contributed by atoms with Crippen LogP contribution in [0.5, 0.6) is 5.75 Å². The summed E-state index contributed by atoms with van der Waals surface area (Å²) in [4.78, 5) is 11.6. The lowest BCUT2D eigenvalue weighted by atomic mass is 9.86. The lowest BCUT2D eigenvalue weighted by Crippen LogP contribution is -2.77. The van der Waals surface area contributed by atoms with E-state index in [4.69, 9.17) is 27.1 Å². The van der Waals surface area contributed by atoms with Crippen LogP contribution in [0.25, 0.3) is 0 Å². The number of hydrogen-bond acceptors (Lipinski definition) is 7. The van der Waals surface area contributed by atoms with Gasteiger partial charge in [-0.1, -0.05) is 17.7 Å². The molecule has 0 unspecified atom stereocenters. The van der Waals surface area contributed by atoms with E-state index in [0.717, 1.165) is 63.4 Å². The van der Waals surface area contributed by atoms with Crippen LogP contribution in [0.15, 0.2) is 36.9 Å². The van der Waals surface area contributed by atoms with E-state index in [2.05, 4.69) is 20.5 Å². The molecule has 194 valence electrons. The van der Waals surface area contributed by atoms with Gasteiger partial charge in [0.15, 0.2) is 5.82 Å². The summed E-state index contributed by atoms with van der Waals surface area (Å²) in [5.74, 6) is 1.09. The molecule has 5 rings (SSSR count). The predicted octanol–water partition coefficient (Wildman–Crippen LogP) is 3.94. The number of piperidine rings is 1. The minimum Gasteiger partial charge on any atom is -0.484 e. The summed E-state index contributed by atoms with van der Waals surface area (Å²) in [5.41, 5.74) is 7.41. The number of anilines is 1. The smallest absolute Gasteiger partial charge is 0.279 e. The van der Waals surface area contributed by atoms with Crippen molar-refractivity contribution in [3.8, 4) is 5.75 Å². The molecule has 0 spiro atoms. The second-order valence-corrected chi connectivity index (χ2v) is 10.4. The van der Waals surface area contributed by atoms with E-state index in [9.17, 15) is 4.39 Å². The number of likely N-dealkylation sites (tertiary alicyclic amines) is 2. The van der Waals surface area contributed by atoms with Crippen molar-refractivity contribution in [2.24, 2.45) is 0 Å². The quantitative estimate of drug-likeness (QED) is 0.458. The maximum absolute atomic E-state index is 13.8. The molecule has 36 heavy (non-hydrogen) atoms. The highest BCUT2D eigenvalue weighted by Crippen LogP contribution is 2.46. The van der Waals surface area contributed by atoms with E-state index in [1.165, 1.54) is 25.2 Å². The Morgan fingerprint density at radius 3 is 2.58 bits per heavy atom. The van der Waals surface area contributed by atoms with Crippen molar-refractivity contribution in [1.82, 2.24) is 30.0 Å². The van der Waals surface area contributed by atoms with Crippen molar-refractivity contribution in [2.75, 3.05) is 45.1 Å². The molecule has 0 saturated carbocycles. The third kappa shape index (κ3) is 4.48. The van der Waals surface area contributed by atoms with Crippen molar-refractivity contribution in [3.05, 3.63) is 53.3 Å². The van der Waals surface area contributed by atoms with Gasteiger partial charge in [-0.3, -0.25) is 0 Å². The standard InChI is InChI=1S/C26H36ClFN7O/c1-2-36-23-24(29)30-18-31-25(23)35(26(32-10-11-33-26)9-14-34-12-3-4-13-34)15-7-19(8-16-35)20-5-6-22(28)21(27)17-20/h5-6,10-11,17-19,32-33H,2-4,7-9,12-16H2,1H3,(H2,29,30,31)/q+1. The van der Waals surface area contributed by atoms with Crippen molar-refractivity contribution in [3.63, 3.8) is 0 Å². The molecule has 0 aliphatic carbocycles. The van der Waals surface area contributed by atoms with Gasteiger partial charge in [0.05, 0.1) is 31.1 Å². The van der Waals surface area contributed by atoms with Gasteiger partial charge in [-0.2, -0.15) is 4.98 Å². The summed E-state index contributed by atoms with van der Waals surface area (Å²) < 4.78 is 20.4. The van der Waals surface area contributed by atoms with Crippen LogP contribution in [0.2, 0.25) is 5.02 Å². The van der Waals surface area contributed by atoms with Gasteiger partial charge in [0.25, 0.3) is 11.6 Å². The summed E-state index contributed by atoms with van der Waals surface area (Å²) in [7, 11) is 0. The Kier molecular flexibility index (Phi) is 7.23. The molecule has 10 heteroatoms. The molecule has 3 aliphatic heterocycles. The zero-order valence-corrected chi connectivity index (χ0v) is 21.6. The molecule has 4 N–H and O–H groups in total. The molecule has 1 aromatic carbocycles. The van der Waals surface area contributed by atoms with Gasteiger partial charge < -0.3 is 26.0 Å². The average Bonchev–Trinajstić information content (AvgIpc) is 3.59. The van der Waals surface area contributed by atoms with Gasteiger partial charge in [-0.25, -0.2) is 13.9 Å². The molecule has 0 amide bonds. The van der Waals surface area contributed by atoms with Gasteiger partial charge in [0.2, 0.25) is 5.75 Å². The minimum absolute atomic E-state index is 0.173. The van der Waals surface area contributed by atoms with Crippen LogP contribution < -0.4 is 25.6 Å². The van der Waals surface area contributed by atoms with E-state index in [1.54, 1.807) is 6.07 Å². The maximum Gasteiger partial charge on any atom is 0.279 e. The fraction of sp³-hybridized carbons (Fsp3) is 0.538. The highest BCUT2D eigenvalue weighted by molar-refractivity contribution is 6.30. The molecule has 8 nitrogen and oxygen atoms in total. The lowest BCUT2D eigenvalue weighted by molar-refractivity contribution is 0.0197. The van der Waals surface area contributed by atoms with E-state index in [0.29, 0.717) is 22.7 Å². The van der Waals surface area contributed by atoms with E-state index in [1.807, 2.05) is 25.4 Å². The number of nitrogens with one attached hydrogen (secondary N) is 2. The van der Waals surface area contributed by atoms with Crippen LogP contribution in [0.3, 0.4) is 0 Å². The molecule has 2 saturated heterocycles. The fourth-order valence-electron chi connectivity index (χ4n) is 6.18. The van der Waals surface area contributed by atoms with Gasteiger partial charge in [-0.15, -0.1) is 0 Å². The number of nitrogen functional groups attached to an aromatic ring is 1. The molecular formula is C26H36ClFN7O+. The Labute approximate surface area is 217 Å². The largest absolute Gasteiger partial charge is 0.484 e. The number of rotatable bonds is 8. The molecule has 3 aliphatic rings. The fourth-order valence-corrected chi connectivity index (χ4v) is 6.37. The van der Waals surface area contributed by atoms with Crippen LogP contribution in [-0.4, -0.2) is 60.0 Å². The molecule has 2 aromatic rings. The molecule has 0 bridgehead atoms. The number of aromatic nitrogens is 2. The molecule has 0 atom stereocenters. The first-order chi connectivity index (χ1) is 17.5. The van der Waals surface area contributed by atoms with Gasteiger partial charge >= 0.3 is 0 Å². The number of ether oxygens (including phenoxy) is 1. The third-order valence-corrected chi connectivity index (χ3v) is 8.38. The van der Waals surface area contributed by atoms with E-state index < -0.39 is 5.79 Å². The Morgan fingerprint density at radius 1 is 1.19 bits per heavy atom. The number of hydrogen-bond donors (Lipinski definition) is 3. The first-order valence-corrected chi connectivity index (χ1v) is 13.3. The first-order valence-electron chi connectivity index (χ1n) is 13.0. The molecule has 4 heterocycles. The summed E-state index contributed by atoms with van der Waals surface area (Å²) in [6, 6.07) is 5.10. The molecule has 0 radical (unpaired) electrons. The van der Waals surface area contributed by atoms with Crippen LogP contribution in [0.4, 0.5) is 16.0 Å². The van der Waals surface area contributed by atoms with Crippen molar-refractivity contribution >= 4 is 23.2 Å². The Balaban J connectivity index is 1.52. The van der Waals surface area contributed by atoms with Gasteiger partial charge in [0.1, 0.15) is 12.1 Å². The van der Waals surface area contributed by atoms with Crippen LogP contribution in [0, 0.1) is 5.82 Å². The van der Waals surface area contributed by atoms with Crippen LogP contribution >= 0.6 is 11.6 Å². The number of quaternary nitrogens is 1. The minimum atomic E-state index is -0.499. The summed E-state index contributed by atoms with van der Waals surface area (Å²) in [6.07, 6.45) is 10.7. The first kappa shape index (κ1) is 25.0. The molecule has 2 fully saturated rings. The van der Waals surface area contributed by atoms with Gasteiger partial charge in [0, 0.05) is 31.8 Å². The maximum atomic E-state index is 13.8. The van der Waals surface area contributed by atoms with Crippen LogP contribution in [0.1, 0.15) is 50.5 Å². The van der Waals surface area contributed by atoms with E-state index in [-0.39, 0.29) is 16.8 Å². The lowest BCUT2D eigenvalue weighted by Gasteiger charge is -2.53. The SMILES string of the molecule is CCOc1c(N)ncnc1[N+]1(C2(CCN3CCCC3)NC=CN2)CCC(c2ccc(F)c(Cl)c2)CC1. The zero-order chi connectivity index (χ0) is 25.2. The Hall–Kier alpha value is -2.62. The summed E-state index contributed by atoms with van der Waals surface area (Å²) in [5, 5.41) is 7.55. The monoisotopic (exact) mass is 516 g/mol. The second kappa shape index (κ2) is 10.4. The number of nitrogens with two attached hydrogens (primary N) is 1. The predicted molar refractivity (Wildman–Crippen MR) is 141 cm³/mol. The number of halogens is 2. The van der Waals surface area contributed by atoms with Gasteiger partial charge in [-0.05, 0) is 56.5 Å². The van der Waals surface area contributed by atoms with Crippen molar-refractivity contribution in [1.29, 1.82) is 0 Å². The number of nitrogens with zero attached hydrogens (tertiary/aromatic N) is 4. The van der Waals surface area contributed by atoms with Crippen molar-refractivity contribution < 1.29 is 9.13 Å². The van der Waals surface area contributed by atoms with Crippen molar-refractivity contribution in [2.45, 2.75) is 50.7 Å². The third-order valence-electron chi connectivity index (χ3n) is 8.09. The molecular weight excluding hydrogens is 481 g/mol. The zero-order valence-electron chi connectivity index (χ0n) is 20.9. The summed E-state index contributed by atoms with van der Waals surface area (Å²) in [6.45, 7) is 7.26. The highest BCUT2D eigenvalue weighted by Gasteiger charge is 2.57. The second-order valence-electron chi connectivity index (χ2n) is 9.99. The number of benzene rings is 1. The topological polar surface area (TPSA) is 88.3 Å². The average molecular weight is 517 g/mol. The van der Waals surface area contributed by atoms with E-state index >= 15 is 0 Å². The summed E-state index contributed by atoms with van der Waals surface area (Å²) >= 11 is 6.13. The Morgan fingerprint density at radius 2 is 1.92 bits per heavy atom. The molecule has 1 aromatic heterocycles. The van der Waals surface area contributed by atoms with Crippen LogP contribution in [-0.2, 0) is 0 Å². The normalized spacial score (nSPS) is 25.5. The highest BCUT2D eigenvalue weighted by atomic mass is 35.5.